The second-order valence-corrected chi connectivity index (χ2v) is 6.71. The van der Waals surface area contributed by atoms with Gasteiger partial charge in [-0.05, 0) is 39.3 Å². The first-order valence-corrected chi connectivity index (χ1v) is 7.76. The number of nitrogens with zero attached hydrogens (tertiary/aromatic N) is 2. The fraction of sp³-hybridized carbons (Fsp3) is 0.500. The van der Waals surface area contributed by atoms with Crippen LogP contribution < -0.4 is 10.5 Å². The molecule has 0 aromatic heterocycles. The van der Waals surface area contributed by atoms with Crippen molar-refractivity contribution in [3.8, 4) is 5.75 Å². The van der Waals surface area contributed by atoms with E-state index in [1.54, 1.807) is 39.0 Å². The molecule has 9 nitrogen and oxygen atoms in total. The molecule has 1 aliphatic rings. The highest BCUT2D eigenvalue weighted by atomic mass is 16.7. The van der Waals surface area contributed by atoms with E-state index >= 15 is 0 Å². The van der Waals surface area contributed by atoms with Gasteiger partial charge in [0.1, 0.15) is 11.4 Å². The average molecular weight is 351 g/mol. The first kappa shape index (κ1) is 18.5. The summed E-state index contributed by atoms with van der Waals surface area (Å²) < 4.78 is 10.8. The molecule has 0 radical (unpaired) electrons. The normalized spacial score (nSPS) is 23.2. The van der Waals surface area contributed by atoms with Crippen LogP contribution in [0.4, 0.5) is 4.79 Å². The van der Waals surface area contributed by atoms with E-state index in [1.165, 1.54) is 12.1 Å². The van der Waals surface area contributed by atoms with Gasteiger partial charge >= 0.3 is 11.9 Å². The monoisotopic (exact) mass is 351 g/mol. The van der Waals surface area contributed by atoms with Crippen molar-refractivity contribution >= 4 is 12.0 Å². The van der Waals surface area contributed by atoms with Crippen molar-refractivity contribution < 1.29 is 24.0 Å². The molecule has 1 aliphatic heterocycles. The molecule has 2 N–H and O–H groups in total. The van der Waals surface area contributed by atoms with Crippen LogP contribution in [0.5, 0.6) is 5.75 Å². The molecule has 0 spiro atoms. The molecule has 1 unspecified atom stereocenters. The Kier molecular flexibility index (Phi) is 4.87. The fourth-order valence-corrected chi connectivity index (χ4v) is 2.71. The van der Waals surface area contributed by atoms with Crippen LogP contribution in [0.3, 0.4) is 0 Å². The third kappa shape index (κ3) is 3.65. The second-order valence-electron chi connectivity index (χ2n) is 6.71. The molecular weight excluding hydrogens is 330 g/mol. The van der Waals surface area contributed by atoms with E-state index in [0.29, 0.717) is 0 Å². The van der Waals surface area contributed by atoms with Crippen LogP contribution in [0, 0.1) is 16.0 Å². The number of primary amides is 1. The Labute approximate surface area is 144 Å². The molecule has 0 bridgehead atoms. The summed E-state index contributed by atoms with van der Waals surface area (Å²) in [6, 6.07) is 7.94. The van der Waals surface area contributed by atoms with E-state index in [1.807, 2.05) is 0 Å². The van der Waals surface area contributed by atoms with Gasteiger partial charge in [-0.3, -0.25) is 14.9 Å². The van der Waals surface area contributed by atoms with Crippen molar-refractivity contribution in [1.29, 1.82) is 0 Å². The Morgan fingerprint density at radius 2 is 1.92 bits per heavy atom. The summed E-state index contributed by atoms with van der Waals surface area (Å²) in [4.78, 5) is 36.3. The number of hydrogen-bond donors (Lipinski definition) is 1. The number of rotatable bonds is 4. The molecule has 1 aromatic rings. The standard InChI is InChI=1S/C16H21N3O6/c1-15(2,3)25-14(21)18-10-9-12(13(17)20)16(18,19(22)23)24-11-7-5-4-6-8-11/h4-8,12H,9-10H2,1-3H3,(H2,17,20)/t12?,16-/m0/s1. The lowest BCUT2D eigenvalue weighted by atomic mass is 10.0. The summed E-state index contributed by atoms with van der Waals surface area (Å²) in [7, 11) is 0. The van der Waals surface area contributed by atoms with Crippen molar-refractivity contribution in [2.45, 2.75) is 38.6 Å². The van der Waals surface area contributed by atoms with Crippen molar-refractivity contribution in [2.24, 2.45) is 11.7 Å². The zero-order valence-corrected chi connectivity index (χ0v) is 14.3. The molecule has 9 heteroatoms. The minimum absolute atomic E-state index is 0.00237. The summed E-state index contributed by atoms with van der Waals surface area (Å²) in [5.41, 5.74) is 4.49. The van der Waals surface area contributed by atoms with Crippen LogP contribution in [0.25, 0.3) is 0 Å². The number of carbonyl (C=O) groups is 2. The Morgan fingerprint density at radius 1 is 1.32 bits per heavy atom. The molecular formula is C16H21N3O6. The molecule has 1 aromatic carbocycles. The van der Waals surface area contributed by atoms with Gasteiger partial charge in [0, 0.05) is 6.54 Å². The average Bonchev–Trinajstić information content (AvgIpc) is 2.87. The third-order valence-corrected chi connectivity index (χ3v) is 3.71. The van der Waals surface area contributed by atoms with E-state index < -0.39 is 34.3 Å². The molecule has 1 saturated heterocycles. The van der Waals surface area contributed by atoms with Crippen LogP contribution >= 0.6 is 0 Å². The van der Waals surface area contributed by atoms with Crippen LogP contribution in [0.2, 0.25) is 0 Å². The first-order valence-electron chi connectivity index (χ1n) is 7.76. The van der Waals surface area contributed by atoms with E-state index in [9.17, 15) is 19.7 Å². The highest BCUT2D eigenvalue weighted by Crippen LogP contribution is 2.38. The van der Waals surface area contributed by atoms with Crippen LogP contribution in [0.1, 0.15) is 27.2 Å². The summed E-state index contributed by atoms with van der Waals surface area (Å²) in [6.45, 7) is 4.83. The van der Waals surface area contributed by atoms with E-state index in [2.05, 4.69) is 0 Å². The molecule has 2 rings (SSSR count). The topological polar surface area (TPSA) is 125 Å². The number of para-hydroxylation sites is 1. The molecule has 0 saturated carbocycles. The van der Waals surface area contributed by atoms with Gasteiger partial charge in [0.05, 0.1) is 4.92 Å². The Balaban J connectivity index is 2.48. The largest absolute Gasteiger partial charge is 0.466 e. The zero-order valence-electron chi connectivity index (χ0n) is 14.3. The number of benzene rings is 1. The maximum Gasteiger partial charge on any atom is 0.466 e. The molecule has 136 valence electrons. The number of nitro groups is 1. The van der Waals surface area contributed by atoms with E-state index in [-0.39, 0.29) is 18.7 Å². The Hall–Kier alpha value is -2.84. The minimum atomic E-state index is -2.45. The zero-order chi connectivity index (χ0) is 18.8. The van der Waals surface area contributed by atoms with Crippen molar-refractivity contribution in [3.05, 3.63) is 40.4 Å². The van der Waals surface area contributed by atoms with Crippen LogP contribution in [0.15, 0.2) is 30.3 Å². The fourth-order valence-electron chi connectivity index (χ4n) is 2.71. The number of likely N-dealkylation sites (tertiary alicyclic amines) is 1. The Morgan fingerprint density at radius 3 is 2.40 bits per heavy atom. The van der Waals surface area contributed by atoms with Gasteiger partial charge in [0.15, 0.2) is 5.92 Å². The number of hydrogen-bond acceptors (Lipinski definition) is 6. The molecule has 1 fully saturated rings. The van der Waals surface area contributed by atoms with Crippen molar-refractivity contribution in [1.82, 2.24) is 4.90 Å². The molecule has 1 heterocycles. The van der Waals surface area contributed by atoms with Gasteiger partial charge in [0.2, 0.25) is 5.91 Å². The molecule has 2 atom stereocenters. The lowest BCUT2D eigenvalue weighted by Crippen LogP contribution is -2.63. The van der Waals surface area contributed by atoms with E-state index in [4.69, 9.17) is 15.2 Å². The third-order valence-electron chi connectivity index (χ3n) is 3.71. The Bertz CT molecular complexity index is 672. The predicted molar refractivity (Wildman–Crippen MR) is 87.0 cm³/mol. The quantitative estimate of drug-likeness (QED) is 0.500. The van der Waals surface area contributed by atoms with Crippen molar-refractivity contribution in [3.63, 3.8) is 0 Å². The van der Waals surface area contributed by atoms with Gasteiger partial charge in [-0.15, -0.1) is 0 Å². The lowest BCUT2D eigenvalue weighted by Gasteiger charge is -2.33. The second kappa shape index (κ2) is 6.58. The van der Waals surface area contributed by atoms with Crippen LogP contribution in [-0.2, 0) is 9.53 Å². The van der Waals surface area contributed by atoms with Gasteiger partial charge in [-0.1, -0.05) is 18.2 Å². The number of carbonyl (C=O) groups excluding carboxylic acids is 2. The molecule has 2 amide bonds. The first-order chi connectivity index (χ1) is 11.6. The smallest absolute Gasteiger partial charge is 0.443 e. The van der Waals surface area contributed by atoms with Gasteiger partial charge in [0.25, 0.3) is 0 Å². The molecule has 25 heavy (non-hydrogen) atoms. The van der Waals surface area contributed by atoms with Crippen LogP contribution in [-0.4, -0.2) is 39.8 Å². The van der Waals surface area contributed by atoms with E-state index in [0.717, 1.165) is 4.90 Å². The minimum Gasteiger partial charge on any atom is -0.443 e. The number of amides is 2. The number of nitrogens with two attached hydrogens (primary N) is 1. The highest BCUT2D eigenvalue weighted by molar-refractivity contribution is 5.80. The maximum absolute atomic E-state index is 12.5. The van der Waals surface area contributed by atoms with Crippen molar-refractivity contribution in [2.75, 3.05) is 6.54 Å². The number of ether oxygens (including phenoxy) is 2. The highest BCUT2D eigenvalue weighted by Gasteiger charge is 2.68. The SMILES string of the molecule is CC(C)(C)OC(=O)N1CCC(C(N)=O)[C@@]1(Oc1ccccc1)[N+](=O)[O-]. The van der Waals surface area contributed by atoms with Gasteiger partial charge in [-0.2, -0.15) is 0 Å². The predicted octanol–water partition coefficient (Wildman–Crippen LogP) is 1.74. The lowest BCUT2D eigenvalue weighted by molar-refractivity contribution is -0.646. The van der Waals surface area contributed by atoms with Gasteiger partial charge in [-0.25, -0.2) is 9.69 Å². The summed E-state index contributed by atoms with van der Waals surface area (Å²) in [6.07, 6.45) is -0.938. The summed E-state index contributed by atoms with van der Waals surface area (Å²) >= 11 is 0. The maximum atomic E-state index is 12.5. The summed E-state index contributed by atoms with van der Waals surface area (Å²) in [5, 5.41) is 11.9. The van der Waals surface area contributed by atoms with Gasteiger partial charge < -0.3 is 15.2 Å². The summed E-state index contributed by atoms with van der Waals surface area (Å²) in [5.74, 6) is -4.54. The molecule has 0 aliphatic carbocycles.